The van der Waals surface area contributed by atoms with E-state index in [0.717, 1.165) is 0 Å². The van der Waals surface area contributed by atoms with Gasteiger partial charge in [0, 0.05) is 0 Å². The van der Waals surface area contributed by atoms with E-state index in [0.29, 0.717) is 0 Å². The molecule has 2 nitrogen and oxygen atoms in total. The number of rotatable bonds is 1. The average Bonchev–Trinajstić information content (AvgIpc) is 1.38. The van der Waals surface area contributed by atoms with Crippen molar-refractivity contribution in [2.45, 2.75) is 6.92 Å². The molecule has 0 unspecified atom stereocenters. The van der Waals surface area contributed by atoms with Gasteiger partial charge in [-0.25, -0.2) is 0 Å². The Labute approximate surface area is 44.6 Å². The van der Waals surface area contributed by atoms with Gasteiger partial charge in [0.1, 0.15) is 0 Å². The van der Waals surface area contributed by atoms with E-state index in [1.54, 1.807) is 0 Å². The molecule has 0 N–H and O–H groups in total. The topological polar surface area (TPSA) is 34.1 Å². The van der Waals surface area contributed by atoms with Crippen LogP contribution in [0, 0.1) is 27.8 Å². The quantitative estimate of drug-likeness (QED) is 0.681. The Morgan fingerprint density at radius 2 is 2.00 bits per heavy atom. The van der Waals surface area contributed by atoms with E-state index in [2.05, 4.69) is 0 Å². The van der Waals surface area contributed by atoms with Crippen LogP contribution in [0.15, 0.2) is 0 Å². The SMILES string of the molecule is C[C](=O)[U]=[O]. The first-order valence-corrected chi connectivity index (χ1v) is 4.94. The van der Waals surface area contributed by atoms with Crippen molar-refractivity contribution in [3.63, 3.8) is 0 Å². The van der Waals surface area contributed by atoms with Gasteiger partial charge in [-0.3, -0.25) is 0 Å². The number of hydrogen-bond donors (Lipinski definition) is 0. The van der Waals surface area contributed by atoms with E-state index in [1.807, 2.05) is 0 Å². The molecule has 0 rings (SSSR count). The minimum atomic E-state index is -2.02. The second kappa shape index (κ2) is 2.74. The van der Waals surface area contributed by atoms with E-state index >= 15 is 0 Å². The van der Waals surface area contributed by atoms with Crippen LogP contribution in [0.3, 0.4) is 0 Å². The van der Waals surface area contributed by atoms with Crippen molar-refractivity contribution in [1.82, 2.24) is 0 Å². The fourth-order valence-electron chi connectivity index (χ4n) is 0. The summed E-state index contributed by atoms with van der Waals surface area (Å²) in [7, 11) is 0. The van der Waals surface area contributed by atoms with Crippen LogP contribution in [0.4, 0.5) is 0 Å². The van der Waals surface area contributed by atoms with Gasteiger partial charge < -0.3 is 0 Å². The Kier molecular flexibility index (Phi) is 3.03. The first-order chi connectivity index (χ1) is 2.27. The third-order valence-electron chi connectivity index (χ3n) is 0.144. The molecular formula is C2H3O2U. The van der Waals surface area contributed by atoms with Crippen LogP contribution in [0.1, 0.15) is 6.92 Å². The van der Waals surface area contributed by atoms with E-state index in [1.165, 1.54) is 6.92 Å². The Morgan fingerprint density at radius 1 is 1.80 bits per heavy atom. The van der Waals surface area contributed by atoms with Crippen molar-refractivity contribution in [2.75, 3.05) is 0 Å². The Balaban J connectivity index is 3.20. The second-order valence-corrected chi connectivity index (χ2v) is 4.44. The van der Waals surface area contributed by atoms with Gasteiger partial charge in [-0.2, -0.15) is 0 Å². The Bertz CT molecular complexity index is 58.7. The number of carbonyl (C=O) groups excluding carboxylic acids is 1. The van der Waals surface area contributed by atoms with Crippen LogP contribution < -0.4 is 0 Å². The summed E-state index contributed by atoms with van der Waals surface area (Å²) in [6.07, 6.45) is 0. The molecular weight excluding hydrogens is 294 g/mol. The summed E-state index contributed by atoms with van der Waals surface area (Å²) < 4.78 is 9.40. The standard InChI is InChI=1S/C2H3O.O.U/c1-2-3;;/h1H3;;. The average molecular weight is 297 g/mol. The normalized spacial score (nSPS) is 5.80. The summed E-state index contributed by atoms with van der Waals surface area (Å²) in [5.41, 5.74) is 0. The van der Waals surface area contributed by atoms with Crippen molar-refractivity contribution >= 4 is 2.82 Å². The molecule has 0 aliphatic carbocycles. The number of carbonyl (C=O) groups is 1. The van der Waals surface area contributed by atoms with Crippen molar-refractivity contribution in [1.29, 1.82) is 0 Å². The van der Waals surface area contributed by atoms with Crippen molar-refractivity contribution in [3.05, 3.63) is 0 Å². The maximum atomic E-state index is 9.59. The molecule has 0 aromatic heterocycles. The fraction of sp³-hybridized carbons (Fsp3) is 0.500. The van der Waals surface area contributed by atoms with Crippen molar-refractivity contribution in [3.8, 4) is 0 Å². The van der Waals surface area contributed by atoms with E-state index in [9.17, 15) is 7.03 Å². The molecule has 0 aromatic carbocycles. The molecule has 3 heteroatoms. The van der Waals surface area contributed by atoms with E-state index in [-0.39, 0.29) is 2.82 Å². The minimum absolute atomic E-state index is 0.0917. The van der Waals surface area contributed by atoms with Crippen molar-refractivity contribution in [2.24, 2.45) is 0 Å². The van der Waals surface area contributed by atoms with Crippen LogP contribution in [-0.2, 0) is 7.03 Å². The van der Waals surface area contributed by atoms with Crippen LogP contribution in [0.5, 0.6) is 0 Å². The Morgan fingerprint density at radius 3 is 2.00 bits per heavy atom. The molecule has 0 aromatic rings. The van der Waals surface area contributed by atoms with Crippen LogP contribution in [0.25, 0.3) is 0 Å². The summed E-state index contributed by atoms with van der Waals surface area (Å²) in [6, 6.07) is 0. The van der Waals surface area contributed by atoms with Crippen LogP contribution >= 0.6 is 0 Å². The molecule has 0 atom stereocenters. The molecule has 0 radical (unpaired) electrons. The predicted octanol–water partition coefficient (Wildman–Crippen LogP) is -0.0366. The molecule has 0 aliphatic heterocycles. The summed E-state index contributed by atoms with van der Waals surface area (Å²) in [5, 5.41) is 0. The summed E-state index contributed by atoms with van der Waals surface area (Å²) in [5.74, 6) is 0. The van der Waals surface area contributed by atoms with Crippen molar-refractivity contribution < 1.29 is 34.8 Å². The van der Waals surface area contributed by atoms with Gasteiger partial charge in [0.15, 0.2) is 0 Å². The second-order valence-electron chi connectivity index (χ2n) is 0.658. The molecule has 0 amide bonds. The summed E-state index contributed by atoms with van der Waals surface area (Å²) >= 11 is -2.02. The Hall–Kier alpha value is 0.522. The first kappa shape index (κ1) is 5.52. The predicted molar refractivity (Wildman–Crippen MR) is 11.4 cm³/mol. The zero-order valence-electron chi connectivity index (χ0n) is 2.82. The third-order valence-corrected chi connectivity index (χ3v) is 1.34. The van der Waals surface area contributed by atoms with Crippen LogP contribution in [-0.4, -0.2) is 2.82 Å². The van der Waals surface area contributed by atoms with Gasteiger partial charge in [-0.1, -0.05) is 0 Å². The monoisotopic (exact) mass is 297 g/mol. The van der Waals surface area contributed by atoms with Crippen LogP contribution in [0.2, 0.25) is 0 Å². The summed E-state index contributed by atoms with van der Waals surface area (Å²) in [6.45, 7) is 1.36. The van der Waals surface area contributed by atoms with E-state index < -0.39 is 27.8 Å². The zero-order chi connectivity index (χ0) is 4.28. The third kappa shape index (κ3) is 4.52. The molecule has 0 saturated carbocycles. The molecule has 0 heterocycles. The molecule has 0 aliphatic rings. The molecule has 0 spiro atoms. The van der Waals surface area contributed by atoms with Gasteiger partial charge in [-0.15, -0.1) is 0 Å². The van der Waals surface area contributed by atoms with Gasteiger partial charge in [0.25, 0.3) is 0 Å². The van der Waals surface area contributed by atoms with Gasteiger partial charge >= 0.3 is 44.5 Å². The fourth-order valence-corrected chi connectivity index (χ4v) is 0. The molecule has 0 fully saturated rings. The van der Waals surface area contributed by atoms with Gasteiger partial charge in [0.05, 0.1) is 0 Å². The first-order valence-electron chi connectivity index (χ1n) is 1.16. The molecule has 0 bridgehead atoms. The molecule has 27 valence electrons. The molecule has 0 saturated heterocycles. The number of hydrogen-bond acceptors (Lipinski definition) is 2. The zero-order valence-corrected chi connectivity index (χ0v) is 6.98. The van der Waals surface area contributed by atoms with Gasteiger partial charge in [0.2, 0.25) is 0 Å². The summed E-state index contributed by atoms with van der Waals surface area (Å²) in [4.78, 5) is 9.59. The van der Waals surface area contributed by atoms with Gasteiger partial charge in [-0.05, 0) is 0 Å². The van der Waals surface area contributed by atoms with E-state index in [4.69, 9.17) is 0 Å². The maximum absolute atomic E-state index is 9.59. The molecule has 5 heavy (non-hydrogen) atoms.